The largest absolute Gasteiger partial charge is 0.573 e. The molecule has 0 saturated heterocycles. The van der Waals surface area contributed by atoms with Gasteiger partial charge in [0.2, 0.25) is 5.75 Å². The number of halogens is 6. The molecule has 6 nitrogen and oxygen atoms in total. The van der Waals surface area contributed by atoms with E-state index in [0.717, 1.165) is 0 Å². The molecule has 0 spiro atoms. The van der Waals surface area contributed by atoms with Crippen LogP contribution in [0.1, 0.15) is 12.0 Å². The fourth-order valence-corrected chi connectivity index (χ4v) is 2.38. The molecule has 0 aliphatic carbocycles. The predicted molar refractivity (Wildman–Crippen MR) is 57.8 cm³/mol. The van der Waals surface area contributed by atoms with Crippen LogP contribution < -0.4 is 4.74 Å². The maximum atomic E-state index is 12.7. The van der Waals surface area contributed by atoms with Crippen LogP contribution in [0.5, 0.6) is 5.75 Å². The molecule has 1 aromatic carbocycles. The number of hydrogen-bond acceptors (Lipinski definition) is 5. The second kappa shape index (κ2) is 5.60. The molecule has 0 aromatic heterocycles. The third kappa shape index (κ3) is 4.39. The normalized spacial score (nSPS) is 12.5. The lowest BCUT2D eigenvalue weighted by molar-refractivity contribution is -0.388. The third-order valence-corrected chi connectivity index (χ3v) is 3.39. The number of nitrogens with zero attached hydrogens (tertiary/aromatic N) is 1. The Bertz CT molecular complexity index is 674. The highest BCUT2D eigenvalue weighted by Crippen LogP contribution is 2.40. The van der Waals surface area contributed by atoms with Crippen LogP contribution in [-0.2, 0) is 9.05 Å². The summed E-state index contributed by atoms with van der Waals surface area (Å²) in [6, 6.07) is -0.115. The molecule has 1 aromatic rings. The van der Waals surface area contributed by atoms with Gasteiger partial charge >= 0.3 is 12.0 Å². The molecule has 0 aliphatic heterocycles. The Kier molecular flexibility index (Phi) is 4.63. The highest BCUT2D eigenvalue weighted by atomic mass is 35.7. The quantitative estimate of drug-likeness (QED) is 0.358. The molecule has 118 valence electrons. The number of alkyl halides is 5. The fraction of sp³-hybridized carbons (Fsp3) is 0.250. The number of benzene rings is 1. The molecule has 0 bridgehead atoms. The van der Waals surface area contributed by atoms with Crippen molar-refractivity contribution >= 4 is 25.4 Å². The second-order valence-corrected chi connectivity index (χ2v) is 5.94. The van der Waals surface area contributed by atoms with Crippen molar-refractivity contribution in [2.75, 3.05) is 0 Å². The fourth-order valence-electron chi connectivity index (χ4n) is 1.30. The summed E-state index contributed by atoms with van der Waals surface area (Å²) < 4.78 is 87.0. The lowest BCUT2D eigenvalue weighted by atomic mass is 10.2. The molecule has 0 amide bonds. The minimum absolute atomic E-state index is 0.0229. The van der Waals surface area contributed by atoms with E-state index in [1.165, 1.54) is 0 Å². The maximum Gasteiger partial charge on any atom is 0.573 e. The van der Waals surface area contributed by atoms with Crippen molar-refractivity contribution in [1.82, 2.24) is 0 Å². The van der Waals surface area contributed by atoms with Crippen molar-refractivity contribution in [2.24, 2.45) is 0 Å². The molecular formula is C8H3ClF5NO5S. The summed E-state index contributed by atoms with van der Waals surface area (Å²) in [6.45, 7) is 0. The first-order valence-corrected chi connectivity index (χ1v) is 6.94. The van der Waals surface area contributed by atoms with E-state index in [-0.39, 0.29) is 12.1 Å². The van der Waals surface area contributed by atoms with Crippen LogP contribution in [0, 0.1) is 10.1 Å². The van der Waals surface area contributed by atoms with Gasteiger partial charge in [-0.3, -0.25) is 10.1 Å². The minimum atomic E-state index is -5.40. The van der Waals surface area contributed by atoms with E-state index in [0.29, 0.717) is 0 Å². The molecule has 0 unspecified atom stereocenters. The lowest BCUT2D eigenvalue weighted by Gasteiger charge is -2.12. The topological polar surface area (TPSA) is 86.5 Å². The first-order valence-electron chi connectivity index (χ1n) is 4.64. The Hall–Kier alpha value is -1.69. The summed E-state index contributed by atoms with van der Waals surface area (Å²) in [6.07, 6.45) is -8.95. The zero-order valence-corrected chi connectivity index (χ0v) is 11.0. The molecule has 0 heterocycles. The maximum absolute atomic E-state index is 12.7. The van der Waals surface area contributed by atoms with Gasteiger partial charge in [-0.25, -0.2) is 17.2 Å². The Balaban J connectivity index is 3.67. The van der Waals surface area contributed by atoms with Crippen molar-refractivity contribution in [2.45, 2.75) is 17.7 Å². The molecule has 0 N–H and O–H groups in total. The molecule has 13 heteroatoms. The van der Waals surface area contributed by atoms with Crippen LogP contribution in [0.15, 0.2) is 17.0 Å². The second-order valence-electron chi connectivity index (χ2n) is 3.40. The summed E-state index contributed by atoms with van der Waals surface area (Å²) in [5.74, 6) is -1.58. The van der Waals surface area contributed by atoms with Gasteiger partial charge in [-0.1, -0.05) is 0 Å². The zero-order chi connectivity index (χ0) is 16.6. The standard InChI is InChI=1S/C8H3ClF5NO5S/c9-21(18,19)6-2-4(15(16)17)5(20-8(12,13)14)1-3(6)7(10)11/h1-2,7H. The van der Waals surface area contributed by atoms with E-state index >= 15 is 0 Å². The van der Waals surface area contributed by atoms with Gasteiger partial charge in [-0.05, 0) is 6.07 Å². The lowest BCUT2D eigenvalue weighted by Crippen LogP contribution is -2.18. The van der Waals surface area contributed by atoms with E-state index in [9.17, 15) is 40.5 Å². The van der Waals surface area contributed by atoms with Crippen LogP contribution >= 0.6 is 10.7 Å². The Morgan fingerprint density at radius 2 is 1.81 bits per heavy atom. The van der Waals surface area contributed by atoms with E-state index in [2.05, 4.69) is 4.74 Å². The summed E-state index contributed by atoms with van der Waals surface area (Å²) in [5, 5.41) is 10.6. The highest BCUT2D eigenvalue weighted by molar-refractivity contribution is 8.13. The average molecular weight is 356 g/mol. The van der Waals surface area contributed by atoms with E-state index in [1.807, 2.05) is 0 Å². The Morgan fingerprint density at radius 1 is 1.29 bits per heavy atom. The first kappa shape index (κ1) is 17.4. The molecular weight excluding hydrogens is 353 g/mol. The molecule has 0 radical (unpaired) electrons. The monoisotopic (exact) mass is 355 g/mol. The van der Waals surface area contributed by atoms with Gasteiger partial charge in [-0.2, -0.15) is 0 Å². The minimum Gasteiger partial charge on any atom is -0.398 e. The smallest absolute Gasteiger partial charge is 0.398 e. The van der Waals surface area contributed by atoms with E-state index < -0.39 is 48.7 Å². The molecule has 1 rings (SSSR count). The van der Waals surface area contributed by atoms with Gasteiger partial charge in [0.1, 0.15) is 0 Å². The van der Waals surface area contributed by atoms with Crippen molar-refractivity contribution in [3.8, 4) is 5.75 Å². The number of hydrogen-bond donors (Lipinski definition) is 0. The molecule has 0 fully saturated rings. The predicted octanol–water partition coefficient (Wildman–Crippen LogP) is 3.36. The van der Waals surface area contributed by atoms with Gasteiger partial charge in [0, 0.05) is 22.3 Å². The Labute approximate surface area is 117 Å². The molecule has 0 saturated carbocycles. The SMILES string of the molecule is O=[N+]([O-])c1cc(S(=O)(=O)Cl)c(C(F)F)cc1OC(F)(F)F. The van der Waals surface area contributed by atoms with Crippen LogP contribution in [0.25, 0.3) is 0 Å². The van der Waals surface area contributed by atoms with Crippen LogP contribution in [-0.4, -0.2) is 19.7 Å². The first-order chi connectivity index (χ1) is 9.33. The van der Waals surface area contributed by atoms with Crippen LogP contribution in [0.3, 0.4) is 0 Å². The van der Waals surface area contributed by atoms with Crippen molar-refractivity contribution in [3.63, 3.8) is 0 Å². The number of nitro benzene ring substituents is 1. The number of rotatable bonds is 4. The van der Waals surface area contributed by atoms with E-state index in [4.69, 9.17) is 10.7 Å². The summed E-state index contributed by atoms with van der Waals surface area (Å²) in [7, 11) is -0.0209. The van der Waals surface area contributed by atoms with E-state index in [1.54, 1.807) is 0 Å². The van der Waals surface area contributed by atoms with Gasteiger partial charge in [0.25, 0.3) is 15.5 Å². The van der Waals surface area contributed by atoms with Crippen molar-refractivity contribution in [3.05, 3.63) is 27.8 Å². The average Bonchev–Trinajstić information content (AvgIpc) is 2.23. The highest BCUT2D eigenvalue weighted by Gasteiger charge is 2.37. The van der Waals surface area contributed by atoms with Gasteiger partial charge in [0.15, 0.2) is 0 Å². The summed E-state index contributed by atoms with van der Waals surface area (Å²) in [4.78, 5) is 7.80. The molecule has 0 atom stereocenters. The Morgan fingerprint density at radius 3 is 2.14 bits per heavy atom. The van der Waals surface area contributed by atoms with Crippen LogP contribution in [0.2, 0.25) is 0 Å². The van der Waals surface area contributed by atoms with Gasteiger partial charge in [-0.15, -0.1) is 13.2 Å². The van der Waals surface area contributed by atoms with Crippen molar-refractivity contribution < 1.29 is 40.0 Å². The molecule has 0 aliphatic rings. The van der Waals surface area contributed by atoms with Crippen molar-refractivity contribution in [1.29, 1.82) is 0 Å². The summed E-state index contributed by atoms with van der Waals surface area (Å²) in [5.41, 5.74) is -2.93. The number of nitro groups is 1. The zero-order valence-electron chi connectivity index (χ0n) is 9.40. The summed E-state index contributed by atoms with van der Waals surface area (Å²) >= 11 is 0. The van der Waals surface area contributed by atoms with Gasteiger partial charge in [0.05, 0.1) is 9.82 Å². The van der Waals surface area contributed by atoms with Crippen LogP contribution in [0.4, 0.5) is 27.6 Å². The third-order valence-electron chi connectivity index (χ3n) is 2.01. The molecule has 21 heavy (non-hydrogen) atoms. The van der Waals surface area contributed by atoms with Gasteiger partial charge < -0.3 is 4.74 Å². The number of ether oxygens (including phenoxy) is 1.